The molecule has 0 aliphatic rings. The highest BCUT2D eigenvalue weighted by molar-refractivity contribution is 5.34. The van der Waals surface area contributed by atoms with Crippen molar-refractivity contribution >= 4 is 5.95 Å². The van der Waals surface area contributed by atoms with Crippen LogP contribution in [-0.2, 0) is 4.74 Å². The van der Waals surface area contributed by atoms with Gasteiger partial charge in [0.05, 0.1) is 13.7 Å². The Morgan fingerprint density at radius 1 is 1.28 bits per heavy atom. The van der Waals surface area contributed by atoms with E-state index >= 15 is 0 Å². The summed E-state index contributed by atoms with van der Waals surface area (Å²) in [6, 6.07) is 1.81. The maximum Gasteiger partial charge on any atom is 0.228 e. The molecule has 102 valence electrons. The molecule has 1 heterocycles. The number of nitrogens with zero attached hydrogens (tertiary/aromatic N) is 3. The number of rotatable bonds is 8. The quantitative estimate of drug-likeness (QED) is 0.732. The van der Waals surface area contributed by atoms with Gasteiger partial charge in [-0.25, -0.2) is 4.98 Å². The molecule has 0 saturated heterocycles. The highest BCUT2D eigenvalue weighted by Gasteiger charge is 2.11. The van der Waals surface area contributed by atoms with Gasteiger partial charge in [-0.15, -0.1) is 0 Å². The second kappa shape index (κ2) is 7.84. The molecule has 1 aromatic heterocycles. The van der Waals surface area contributed by atoms with Crippen molar-refractivity contribution in [3.8, 4) is 5.88 Å². The van der Waals surface area contributed by atoms with Gasteiger partial charge in [0.2, 0.25) is 11.8 Å². The smallest absolute Gasteiger partial charge is 0.228 e. The summed E-state index contributed by atoms with van der Waals surface area (Å²) in [5.74, 6) is 1.24. The number of aryl methyl sites for hydroxylation is 1. The van der Waals surface area contributed by atoms with Gasteiger partial charge in [0.25, 0.3) is 0 Å². The van der Waals surface area contributed by atoms with Crippen LogP contribution < -0.4 is 15.4 Å². The SMILES string of the molecule is COCCN(CCCN)c1nc(C)cc(OC)n1. The third kappa shape index (κ3) is 4.46. The first-order valence-corrected chi connectivity index (χ1v) is 6.05. The molecule has 6 nitrogen and oxygen atoms in total. The van der Waals surface area contributed by atoms with Gasteiger partial charge >= 0.3 is 0 Å². The molecule has 0 fully saturated rings. The Kier molecular flexibility index (Phi) is 6.38. The second-order valence-corrected chi connectivity index (χ2v) is 3.97. The minimum absolute atomic E-state index is 0.577. The zero-order valence-corrected chi connectivity index (χ0v) is 11.3. The standard InChI is InChI=1S/C12H22N4O2/c1-10-9-11(18-3)15-12(14-10)16(6-4-5-13)7-8-17-2/h9H,4-8,13H2,1-3H3. The Hall–Kier alpha value is -1.40. The Labute approximate surface area is 108 Å². The van der Waals surface area contributed by atoms with Crippen LogP contribution in [0.25, 0.3) is 0 Å². The van der Waals surface area contributed by atoms with Crippen LogP contribution in [0.3, 0.4) is 0 Å². The lowest BCUT2D eigenvalue weighted by atomic mass is 10.3. The van der Waals surface area contributed by atoms with E-state index in [1.54, 1.807) is 20.3 Å². The molecule has 0 saturated carbocycles. The van der Waals surface area contributed by atoms with Gasteiger partial charge < -0.3 is 20.1 Å². The van der Waals surface area contributed by atoms with Crippen molar-refractivity contribution in [2.24, 2.45) is 5.73 Å². The third-order valence-electron chi connectivity index (χ3n) is 2.51. The van der Waals surface area contributed by atoms with Crippen LogP contribution in [0.4, 0.5) is 5.95 Å². The molecular weight excluding hydrogens is 232 g/mol. The first kappa shape index (κ1) is 14.7. The molecule has 0 aliphatic carbocycles. The van der Waals surface area contributed by atoms with Crippen molar-refractivity contribution in [3.05, 3.63) is 11.8 Å². The molecule has 2 N–H and O–H groups in total. The van der Waals surface area contributed by atoms with Crippen LogP contribution in [0, 0.1) is 6.92 Å². The summed E-state index contributed by atoms with van der Waals surface area (Å²) in [5.41, 5.74) is 6.43. The molecule has 0 spiro atoms. The van der Waals surface area contributed by atoms with Crippen molar-refractivity contribution in [2.45, 2.75) is 13.3 Å². The largest absolute Gasteiger partial charge is 0.481 e. The number of aromatic nitrogens is 2. The van der Waals surface area contributed by atoms with Crippen LogP contribution in [0.15, 0.2) is 6.07 Å². The zero-order chi connectivity index (χ0) is 13.4. The van der Waals surface area contributed by atoms with E-state index in [-0.39, 0.29) is 0 Å². The summed E-state index contributed by atoms with van der Waals surface area (Å²) in [6.07, 6.45) is 0.892. The van der Waals surface area contributed by atoms with Crippen molar-refractivity contribution in [1.29, 1.82) is 0 Å². The monoisotopic (exact) mass is 254 g/mol. The lowest BCUT2D eigenvalue weighted by Gasteiger charge is -2.22. The highest BCUT2D eigenvalue weighted by atomic mass is 16.5. The summed E-state index contributed by atoms with van der Waals surface area (Å²) < 4.78 is 10.3. The summed E-state index contributed by atoms with van der Waals surface area (Å²) in [6.45, 7) is 4.75. The number of ether oxygens (including phenoxy) is 2. The first-order valence-electron chi connectivity index (χ1n) is 6.05. The molecule has 0 atom stereocenters. The average molecular weight is 254 g/mol. The van der Waals surface area contributed by atoms with Gasteiger partial charge in [-0.3, -0.25) is 0 Å². The maximum absolute atomic E-state index is 5.55. The van der Waals surface area contributed by atoms with Gasteiger partial charge in [0, 0.05) is 32.0 Å². The summed E-state index contributed by atoms with van der Waals surface area (Å²) in [5, 5.41) is 0. The second-order valence-electron chi connectivity index (χ2n) is 3.97. The molecule has 0 unspecified atom stereocenters. The minimum Gasteiger partial charge on any atom is -0.481 e. The number of nitrogens with two attached hydrogens (primary N) is 1. The van der Waals surface area contributed by atoms with E-state index in [2.05, 4.69) is 14.9 Å². The normalized spacial score (nSPS) is 10.4. The molecule has 1 rings (SSSR count). The third-order valence-corrected chi connectivity index (χ3v) is 2.51. The molecule has 6 heteroatoms. The molecule has 0 amide bonds. The van der Waals surface area contributed by atoms with Crippen molar-refractivity contribution in [1.82, 2.24) is 9.97 Å². The molecule has 0 aromatic carbocycles. The number of hydrogen-bond donors (Lipinski definition) is 1. The Balaban J connectivity index is 2.84. The van der Waals surface area contributed by atoms with Crippen molar-refractivity contribution in [2.75, 3.05) is 45.4 Å². The van der Waals surface area contributed by atoms with Crippen molar-refractivity contribution < 1.29 is 9.47 Å². The van der Waals surface area contributed by atoms with Gasteiger partial charge in [-0.1, -0.05) is 0 Å². The fourth-order valence-electron chi connectivity index (χ4n) is 1.57. The maximum atomic E-state index is 5.55. The molecule has 0 aliphatic heterocycles. The molecule has 1 aromatic rings. The van der Waals surface area contributed by atoms with E-state index in [1.807, 2.05) is 6.92 Å². The van der Waals surface area contributed by atoms with E-state index in [0.29, 0.717) is 25.0 Å². The Morgan fingerprint density at radius 2 is 2.06 bits per heavy atom. The number of anilines is 1. The molecule has 0 radical (unpaired) electrons. The average Bonchev–Trinajstić information content (AvgIpc) is 2.38. The molecule has 18 heavy (non-hydrogen) atoms. The Morgan fingerprint density at radius 3 is 2.67 bits per heavy atom. The number of methoxy groups -OCH3 is 2. The fourth-order valence-corrected chi connectivity index (χ4v) is 1.57. The van der Waals surface area contributed by atoms with E-state index in [4.69, 9.17) is 15.2 Å². The van der Waals surface area contributed by atoms with Crippen LogP contribution in [0.2, 0.25) is 0 Å². The Bertz CT molecular complexity index is 352. The van der Waals surface area contributed by atoms with Crippen LogP contribution in [0.1, 0.15) is 12.1 Å². The van der Waals surface area contributed by atoms with Gasteiger partial charge in [-0.05, 0) is 19.9 Å². The van der Waals surface area contributed by atoms with Gasteiger partial charge in [0.15, 0.2) is 0 Å². The first-order chi connectivity index (χ1) is 8.71. The number of hydrogen-bond acceptors (Lipinski definition) is 6. The van der Waals surface area contributed by atoms with Crippen LogP contribution >= 0.6 is 0 Å². The van der Waals surface area contributed by atoms with Gasteiger partial charge in [-0.2, -0.15) is 4.98 Å². The lowest BCUT2D eigenvalue weighted by molar-refractivity contribution is 0.204. The lowest BCUT2D eigenvalue weighted by Crippen LogP contribution is -2.31. The van der Waals surface area contributed by atoms with E-state index in [0.717, 1.165) is 25.2 Å². The van der Waals surface area contributed by atoms with E-state index in [1.165, 1.54) is 0 Å². The summed E-state index contributed by atoms with van der Waals surface area (Å²) in [7, 11) is 3.28. The molecular formula is C12H22N4O2. The highest BCUT2D eigenvalue weighted by Crippen LogP contribution is 2.15. The summed E-state index contributed by atoms with van der Waals surface area (Å²) in [4.78, 5) is 10.8. The van der Waals surface area contributed by atoms with Crippen molar-refractivity contribution in [3.63, 3.8) is 0 Å². The zero-order valence-electron chi connectivity index (χ0n) is 11.3. The van der Waals surface area contributed by atoms with E-state index < -0.39 is 0 Å². The fraction of sp³-hybridized carbons (Fsp3) is 0.667. The van der Waals surface area contributed by atoms with Crippen LogP contribution in [0.5, 0.6) is 5.88 Å². The topological polar surface area (TPSA) is 73.5 Å². The predicted octanol–water partition coefficient (Wildman–Crippen LogP) is 0.595. The summed E-state index contributed by atoms with van der Waals surface area (Å²) >= 11 is 0. The van der Waals surface area contributed by atoms with E-state index in [9.17, 15) is 0 Å². The van der Waals surface area contributed by atoms with Crippen LogP contribution in [-0.4, -0.2) is 50.4 Å². The molecule has 0 bridgehead atoms. The minimum atomic E-state index is 0.577. The van der Waals surface area contributed by atoms with Gasteiger partial charge in [0.1, 0.15) is 0 Å². The predicted molar refractivity (Wildman–Crippen MR) is 71.1 cm³/mol.